The van der Waals surface area contributed by atoms with E-state index in [9.17, 15) is 8.78 Å². The van der Waals surface area contributed by atoms with E-state index in [4.69, 9.17) is 10.4 Å². The predicted molar refractivity (Wildman–Crippen MR) is 49.5 cm³/mol. The van der Waals surface area contributed by atoms with Gasteiger partial charge in [-0.15, -0.1) is 0 Å². The number of nitrogens with zero attached hydrogens (tertiary/aromatic N) is 2. The van der Waals surface area contributed by atoms with Gasteiger partial charge in [0.05, 0.1) is 24.0 Å². The molecule has 0 unspecified atom stereocenters. The molecule has 0 spiro atoms. The Balaban J connectivity index is 2.70. The summed E-state index contributed by atoms with van der Waals surface area (Å²) >= 11 is 0. The molecule has 4 nitrogen and oxygen atoms in total. The van der Waals surface area contributed by atoms with E-state index in [1.54, 1.807) is 0 Å². The van der Waals surface area contributed by atoms with Crippen LogP contribution in [0.3, 0.4) is 0 Å². The van der Waals surface area contributed by atoms with E-state index < -0.39 is 19.1 Å². The molecular formula is C9H9F2N3O. The van der Waals surface area contributed by atoms with E-state index in [1.165, 1.54) is 18.5 Å². The lowest BCUT2D eigenvalue weighted by Crippen LogP contribution is -2.31. The number of pyridine rings is 1. The van der Waals surface area contributed by atoms with Gasteiger partial charge >= 0.3 is 0 Å². The molecule has 0 saturated carbocycles. The molecule has 0 bridgehead atoms. The summed E-state index contributed by atoms with van der Waals surface area (Å²) in [5.41, 5.74) is 0.465. The number of aliphatic hydroxyl groups is 1. The second-order valence-corrected chi connectivity index (χ2v) is 2.90. The highest BCUT2D eigenvalue weighted by molar-refractivity contribution is 5.55. The standard InChI is InChI=1S/C9H9F2N3O/c10-9(11,6-15)5-14-8-4-13-2-1-7(8)3-12/h1-2,4,14-15H,5-6H2. The number of hydrogen-bond acceptors (Lipinski definition) is 4. The number of alkyl halides is 2. The normalized spacial score (nSPS) is 10.8. The third-order valence-corrected chi connectivity index (χ3v) is 1.71. The highest BCUT2D eigenvalue weighted by atomic mass is 19.3. The lowest BCUT2D eigenvalue weighted by Gasteiger charge is -2.15. The first kappa shape index (κ1) is 11.3. The molecule has 0 aromatic carbocycles. The first-order chi connectivity index (χ1) is 7.09. The molecule has 0 aliphatic heterocycles. The molecule has 1 aromatic heterocycles. The lowest BCUT2D eigenvalue weighted by molar-refractivity contribution is -0.0372. The van der Waals surface area contributed by atoms with Crippen molar-refractivity contribution >= 4 is 5.69 Å². The molecule has 0 aliphatic carbocycles. The average Bonchev–Trinajstić information content (AvgIpc) is 2.27. The molecule has 0 amide bonds. The molecule has 1 rings (SSSR count). The molecule has 0 aliphatic rings. The average molecular weight is 213 g/mol. The van der Waals surface area contributed by atoms with Gasteiger partial charge in [0, 0.05) is 6.20 Å². The zero-order valence-electron chi connectivity index (χ0n) is 7.74. The molecule has 1 heterocycles. The molecular weight excluding hydrogens is 204 g/mol. The van der Waals surface area contributed by atoms with Gasteiger partial charge in [0.1, 0.15) is 12.7 Å². The molecule has 15 heavy (non-hydrogen) atoms. The number of halogens is 2. The van der Waals surface area contributed by atoms with E-state index in [1.807, 2.05) is 6.07 Å². The highest BCUT2D eigenvalue weighted by Crippen LogP contribution is 2.16. The third-order valence-electron chi connectivity index (χ3n) is 1.71. The van der Waals surface area contributed by atoms with Gasteiger partial charge in [0.2, 0.25) is 0 Å². The van der Waals surface area contributed by atoms with E-state index >= 15 is 0 Å². The van der Waals surface area contributed by atoms with Crippen LogP contribution in [0.1, 0.15) is 5.56 Å². The van der Waals surface area contributed by atoms with Crippen LogP contribution in [-0.2, 0) is 0 Å². The number of nitriles is 1. The van der Waals surface area contributed by atoms with Crippen molar-refractivity contribution in [2.75, 3.05) is 18.5 Å². The number of aliphatic hydroxyl groups excluding tert-OH is 1. The van der Waals surface area contributed by atoms with Gasteiger partial charge in [-0.2, -0.15) is 5.26 Å². The van der Waals surface area contributed by atoms with Gasteiger partial charge in [-0.05, 0) is 6.07 Å². The summed E-state index contributed by atoms with van der Waals surface area (Å²) in [7, 11) is 0. The predicted octanol–water partition coefficient (Wildman–Crippen LogP) is 0.993. The number of hydrogen-bond donors (Lipinski definition) is 2. The van der Waals surface area contributed by atoms with Gasteiger partial charge in [0.15, 0.2) is 0 Å². The summed E-state index contributed by atoms with van der Waals surface area (Å²) in [6.45, 7) is -1.97. The summed E-state index contributed by atoms with van der Waals surface area (Å²) in [6, 6.07) is 3.26. The van der Waals surface area contributed by atoms with Crippen molar-refractivity contribution in [3.63, 3.8) is 0 Å². The minimum Gasteiger partial charge on any atom is -0.390 e. The van der Waals surface area contributed by atoms with Crippen LogP contribution in [0.2, 0.25) is 0 Å². The molecule has 0 atom stereocenters. The Hall–Kier alpha value is -1.74. The van der Waals surface area contributed by atoms with Gasteiger partial charge in [-0.1, -0.05) is 0 Å². The summed E-state index contributed by atoms with van der Waals surface area (Å²) in [6.07, 6.45) is 2.68. The molecule has 0 radical (unpaired) electrons. The van der Waals surface area contributed by atoms with Crippen LogP contribution >= 0.6 is 0 Å². The Morgan fingerprint density at radius 2 is 2.33 bits per heavy atom. The Morgan fingerprint density at radius 1 is 1.60 bits per heavy atom. The van der Waals surface area contributed by atoms with Gasteiger partial charge in [-0.25, -0.2) is 8.78 Å². The number of rotatable bonds is 4. The van der Waals surface area contributed by atoms with Crippen molar-refractivity contribution in [2.24, 2.45) is 0 Å². The van der Waals surface area contributed by atoms with Crippen molar-refractivity contribution in [1.82, 2.24) is 4.98 Å². The summed E-state index contributed by atoms with van der Waals surface area (Å²) in [4.78, 5) is 3.70. The van der Waals surface area contributed by atoms with E-state index in [2.05, 4.69) is 10.3 Å². The van der Waals surface area contributed by atoms with Crippen LogP contribution in [0.15, 0.2) is 18.5 Å². The zero-order chi connectivity index (χ0) is 11.3. The molecule has 2 N–H and O–H groups in total. The fourth-order valence-corrected chi connectivity index (χ4v) is 0.913. The summed E-state index contributed by atoms with van der Waals surface area (Å²) in [5.74, 6) is -3.21. The Bertz CT molecular complexity index is 376. The molecule has 0 saturated heterocycles. The molecule has 6 heteroatoms. The molecule has 0 fully saturated rings. The van der Waals surface area contributed by atoms with Crippen molar-refractivity contribution in [1.29, 1.82) is 5.26 Å². The molecule has 1 aromatic rings. The zero-order valence-corrected chi connectivity index (χ0v) is 7.74. The summed E-state index contributed by atoms with van der Waals surface area (Å²) < 4.78 is 25.3. The van der Waals surface area contributed by atoms with Gasteiger partial charge in [0.25, 0.3) is 5.92 Å². The van der Waals surface area contributed by atoms with Crippen molar-refractivity contribution in [3.8, 4) is 6.07 Å². The lowest BCUT2D eigenvalue weighted by atomic mass is 10.2. The van der Waals surface area contributed by atoms with Crippen LogP contribution in [0.5, 0.6) is 0 Å². The van der Waals surface area contributed by atoms with Crippen LogP contribution < -0.4 is 5.32 Å². The number of nitrogens with one attached hydrogen (secondary N) is 1. The van der Waals surface area contributed by atoms with Gasteiger partial charge in [-0.3, -0.25) is 4.98 Å². The van der Waals surface area contributed by atoms with Crippen LogP contribution in [0, 0.1) is 11.3 Å². The minimum absolute atomic E-state index is 0.230. The maximum atomic E-state index is 12.7. The first-order valence-electron chi connectivity index (χ1n) is 4.16. The maximum Gasteiger partial charge on any atom is 0.287 e. The van der Waals surface area contributed by atoms with Crippen LogP contribution in [-0.4, -0.2) is 29.2 Å². The maximum absolute atomic E-state index is 12.7. The highest BCUT2D eigenvalue weighted by Gasteiger charge is 2.27. The largest absolute Gasteiger partial charge is 0.390 e. The number of anilines is 1. The Morgan fingerprint density at radius 3 is 2.93 bits per heavy atom. The number of aromatic nitrogens is 1. The second-order valence-electron chi connectivity index (χ2n) is 2.90. The van der Waals surface area contributed by atoms with Crippen LogP contribution in [0.25, 0.3) is 0 Å². The van der Waals surface area contributed by atoms with Gasteiger partial charge < -0.3 is 10.4 Å². The van der Waals surface area contributed by atoms with E-state index in [0.29, 0.717) is 0 Å². The van der Waals surface area contributed by atoms with E-state index in [-0.39, 0.29) is 11.3 Å². The fraction of sp³-hybridized carbons (Fsp3) is 0.333. The Labute approximate surface area is 85.2 Å². The fourth-order valence-electron chi connectivity index (χ4n) is 0.913. The smallest absolute Gasteiger partial charge is 0.287 e. The van der Waals surface area contributed by atoms with Crippen LogP contribution in [0.4, 0.5) is 14.5 Å². The van der Waals surface area contributed by atoms with Crippen molar-refractivity contribution in [3.05, 3.63) is 24.0 Å². The Kier molecular flexibility index (Phi) is 3.52. The first-order valence-corrected chi connectivity index (χ1v) is 4.16. The minimum atomic E-state index is -3.21. The quantitative estimate of drug-likeness (QED) is 0.782. The topological polar surface area (TPSA) is 68.9 Å². The SMILES string of the molecule is N#Cc1ccncc1NCC(F)(F)CO. The van der Waals surface area contributed by atoms with E-state index in [0.717, 1.165) is 0 Å². The third kappa shape index (κ3) is 3.14. The monoisotopic (exact) mass is 213 g/mol. The second kappa shape index (κ2) is 4.66. The molecule has 80 valence electrons. The van der Waals surface area contributed by atoms with Crippen molar-refractivity contribution < 1.29 is 13.9 Å². The van der Waals surface area contributed by atoms with Crippen molar-refractivity contribution in [2.45, 2.75) is 5.92 Å². The summed E-state index contributed by atoms with van der Waals surface area (Å²) in [5, 5.41) is 19.3.